The number of benzene rings is 4. The number of nitrogens with zero attached hydrogens (tertiary/aromatic N) is 2. The van der Waals surface area contributed by atoms with Crippen LogP contribution in [-0.4, -0.2) is 0 Å². The zero-order chi connectivity index (χ0) is 51.0. The minimum Gasteiger partial charge on any atom is -0.201 e. The van der Waals surface area contributed by atoms with Crippen molar-refractivity contribution in [3.8, 4) is 44.8 Å². The minimum atomic E-state index is -2.61. The van der Waals surface area contributed by atoms with E-state index in [2.05, 4.69) is 0 Å². The monoisotopic (exact) mass is 613 g/mol. The van der Waals surface area contributed by atoms with E-state index >= 15 is 0 Å². The van der Waals surface area contributed by atoms with E-state index in [4.69, 9.17) is 30.2 Å². The third kappa shape index (κ3) is 6.97. The molecule has 0 fully saturated rings. The molecule has 6 aromatic rings. The Hall–Kier alpha value is -4.82. The molecular weight excluding hydrogens is 544 g/mol. The van der Waals surface area contributed by atoms with Crippen LogP contribution in [0.3, 0.4) is 0 Å². The van der Waals surface area contributed by atoms with Gasteiger partial charge in [-0.15, -0.1) is 0 Å². The number of aryl methyl sites for hydroxylation is 9. The summed E-state index contributed by atoms with van der Waals surface area (Å²) in [6.45, 7) is -4.72. The predicted molar refractivity (Wildman–Crippen MR) is 190 cm³/mol. The van der Waals surface area contributed by atoms with Crippen LogP contribution in [0.25, 0.3) is 44.8 Å². The van der Waals surface area contributed by atoms with Crippen LogP contribution in [0, 0.1) is 48.2 Å². The van der Waals surface area contributed by atoms with E-state index < -0.39 is 87.8 Å². The van der Waals surface area contributed by atoms with E-state index in [9.17, 15) is 0 Å². The van der Waals surface area contributed by atoms with E-state index in [1.54, 1.807) is 56.1 Å². The van der Waals surface area contributed by atoms with E-state index in [0.29, 0.717) is 39.2 Å². The minimum absolute atomic E-state index is 0.00694. The van der Waals surface area contributed by atoms with Crippen LogP contribution in [0.4, 0.5) is 0 Å². The van der Waals surface area contributed by atoms with Gasteiger partial charge < -0.3 is 0 Å². The Kier molecular flexibility index (Phi) is 4.21. The molecule has 0 aliphatic heterocycles. The van der Waals surface area contributed by atoms with Crippen LogP contribution >= 0.6 is 0 Å². The topological polar surface area (TPSA) is 7.76 Å². The van der Waals surface area contributed by atoms with Gasteiger partial charge in [0.25, 0.3) is 0 Å². The molecule has 45 heavy (non-hydrogen) atoms. The average Bonchev–Trinajstić information content (AvgIpc) is 3.21. The lowest BCUT2D eigenvalue weighted by atomic mass is 9.93. The Balaban J connectivity index is 0.000000251. The van der Waals surface area contributed by atoms with Gasteiger partial charge in [0, 0.05) is 50.8 Å². The maximum absolute atomic E-state index is 8.35. The molecule has 0 radical (unpaired) electrons. The molecule has 2 heteroatoms. The van der Waals surface area contributed by atoms with Crippen LogP contribution in [0.1, 0.15) is 69.1 Å². The summed E-state index contributed by atoms with van der Waals surface area (Å²) < 4.78 is 178. The molecule has 2 heterocycles. The van der Waals surface area contributed by atoms with Crippen molar-refractivity contribution >= 4 is 0 Å². The first-order valence-corrected chi connectivity index (χ1v) is 14.0. The highest BCUT2D eigenvalue weighted by molar-refractivity contribution is 5.77. The van der Waals surface area contributed by atoms with Gasteiger partial charge in [-0.3, -0.25) is 0 Å². The summed E-state index contributed by atoms with van der Waals surface area (Å²) in [4.78, 5) is 0. The third-order valence-corrected chi connectivity index (χ3v) is 7.43. The first-order valence-electron chi connectivity index (χ1n) is 25.0. The van der Waals surface area contributed by atoms with Crippen molar-refractivity contribution in [2.75, 3.05) is 0 Å². The molecule has 2 aromatic heterocycles. The fraction of sp³-hybridized carbons (Fsp3) is 0.209. The summed E-state index contributed by atoms with van der Waals surface area (Å²) in [6.07, 6.45) is 2.96. The molecule has 4 aromatic carbocycles. The summed E-state index contributed by atoms with van der Waals surface area (Å²) in [5.74, 6) is 0. The second kappa shape index (κ2) is 13.4. The molecule has 0 spiro atoms. The lowest BCUT2D eigenvalue weighted by Crippen LogP contribution is -2.31. The van der Waals surface area contributed by atoms with Crippen LogP contribution in [0.5, 0.6) is 0 Å². The van der Waals surface area contributed by atoms with Crippen molar-refractivity contribution in [2.45, 2.75) is 48.2 Å². The number of aromatic nitrogens is 2. The van der Waals surface area contributed by atoms with Gasteiger partial charge in [0.05, 0.1) is 13.7 Å². The molecular formula is C43H46N2+2. The highest BCUT2D eigenvalue weighted by atomic mass is 14.9. The van der Waals surface area contributed by atoms with E-state index in [-0.39, 0.29) is 44.5 Å². The van der Waals surface area contributed by atoms with E-state index in [1.807, 2.05) is 0 Å². The molecule has 2 nitrogen and oxygen atoms in total. The maximum atomic E-state index is 8.35. The number of hydrogen-bond donors (Lipinski definition) is 0. The van der Waals surface area contributed by atoms with Crippen molar-refractivity contribution in [2.24, 2.45) is 14.1 Å². The van der Waals surface area contributed by atoms with Gasteiger partial charge >= 0.3 is 0 Å². The fourth-order valence-electron chi connectivity index (χ4n) is 5.06. The summed E-state index contributed by atoms with van der Waals surface area (Å²) in [5, 5.41) is 0. The second-order valence-corrected chi connectivity index (χ2v) is 10.7. The SMILES string of the molecule is [2H]c1c([2H])c([2H])c(-c2cc(-c3cc(C)c(C([2H])([2H])[2H])c[n+]3C)c(C)cc2C([2H])([2H])[2H])c([2H])c1[2H].[2H]c1c([2H])c([2H])c(-c2cc(-c3ccc(C([2H])([2H])[2H])c[n+]3C)c(C)cc2C([2H])([2H])[2H])c([2H])c1[2H]. The summed E-state index contributed by atoms with van der Waals surface area (Å²) >= 11 is 0. The molecule has 0 aliphatic rings. The zero-order valence-corrected chi connectivity index (χ0v) is 25.6. The lowest BCUT2D eigenvalue weighted by molar-refractivity contribution is -0.660. The highest BCUT2D eigenvalue weighted by Gasteiger charge is 2.17. The predicted octanol–water partition coefficient (Wildman–Crippen LogP) is 9.85. The van der Waals surface area contributed by atoms with Gasteiger partial charge in [-0.25, -0.2) is 9.13 Å². The number of hydrogen-bond acceptors (Lipinski definition) is 0. The van der Waals surface area contributed by atoms with Crippen molar-refractivity contribution in [1.82, 2.24) is 0 Å². The Morgan fingerprint density at radius 3 is 1.47 bits per heavy atom. The summed E-state index contributed by atoms with van der Waals surface area (Å²) in [7, 11) is 3.33. The molecule has 6 rings (SSSR count). The van der Waals surface area contributed by atoms with Gasteiger partial charge in [0.15, 0.2) is 12.4 Å². The Morgan fingerprint density at radius 1 is 0.467 bits per heavy atom. The number of rotatable bonds is 4. The van der Waals surface area contributed by atoms with E-state index in [1.165, 1.54) is 42.7 Å². The van der Waals surface area contributed by atoms with Crippen LogP contribution in [-0.2, 0) is 14.1 Å². The van der Waals surface area contributed by atoms with Crippen molar-refractivity contribution in [1.29, 1.82) is 0 Å². The van der Waals surface area contributed by atoms with Crippen LogP contribution in [0.15, 0.2) is 115 Å². The molecule has 0 atom stereocenters. The normalized spacial score (nSPS) is 19.0. The van der Waals surface area contributed by atoms with Crippen molar-refractivity contribution < 1.29 is 39.3 Å². The van der Waals surface area contributed by atoms with Gasteiger partial charge in [-0.2, -0.15) is 0 Å². The molecule has 226 valence electrons. The molecule has 0 amide bonds. The largest absolute Gasteiger partial charge is 0.212 e. The molecule has 0 bridgehead atoms. The summed E-state index contributed by atoms with van der Waals surface area (Å²) in [6, 6.07) is 5.27. The lowest BCUT2D eigenvalue weighted by Gasteiger charge is -2.12. The second-order valence-electron chi connectivity index (χ2n) is 10.7. The first-order chi connectivity index (χ1) is 30.5. The van der Waals surface area contributed by atoms with Gasteiger partial charge in [-0.05, 0) is 116 Å². The quantitative estimate of drug-likeness (QED) is 0.175. The van der Waals surface area contributed by atoms with E-state index in [0.717, 1.165) is 0 Å². The first kappa shape index (κ1) is 14.1. The Labute approximate surface area is 301 Å². The Bertz CT molecular complexity index is 2900. The third-order valence-electron chi connectivity index (χ3n) is 7.43. The molecule has 0 aliphatic carbocycles. The fourth-order valence-corrected chi connectivity index (χ4v) is 5.06. The van der Waals surface area contributed by atoms with Gasteiger partial charge in [0.1, 0.15) is 14.1 Å². The zero-order valence-electron chi connectivity index (χ0n) is 47.6. The molecule has 0 unspecified atom stereocenters. The van der Waals surface area contributed by atoms with Gasteiger partial charge in [0.2, 0.25) is 11.4 Å². The Morgan fingerprint density at radius 2 is 0.978 bits per heavy atom. The molecule has 0 saturated carbocycles. The molecule has 0 N–H and O–H groups in total. The maximum Gasteiger partial charge on any atom is 0.212 e. The van der Waals surface area contributed by atoms with Gasteiger partial charge in [-0.1, -0.05) is 72.6 Å². The van der Waals surface area contributed by atoms with Crippen LogP contribution < -0.4 is 9.13 Å². The number of pyridine rings is 2. The smallest absolute Gasteiger partial charge is 0.201 e. The van der Waals surface area contributed by atoms with Crippen LogP contribution in [0.2, 0.25) is 0 Å². The summed E-state index contributed by atoms with van der Waals surface area (Å²) in [5.41, 5.74) is 3.62. The standard InChI is InChI=1S/C22H24N.C21H22N/c1-15-12-22(23(5)14-18(15)4)21-13-20(16(2)11-17(21)3)19-9-7-6-8-10-19;1-15-10-11-21(22(4)14-15)20-13-19(16(2)12-17(20)3)18-8-6-5-7-9-18/h6-14H,1-5H3;5-14H,1-4H3/q2*+1/i2D3,4D3,6D,7D,8D,9D,10D;1D3,2D3,5D,6D,7D,8D,9D. The van der Waals surface area contributed by atoms with Crippen molar-refractivity contribution in [3.63, 3.8) is 0 Å². The average molecular weight is 613 g/mol. The molecule has 0 saturated heterocycles. The highest BCUT2D eigenvalue weighted by Crippen LogP contribution is 2.32. The van der Waals surface area contributed by atoms with Crippen molar-refractivity contribution in [3.05, 3.63) is 154 Å².